The molecular weight excluding hydrogens is 242 g/mol. The molecule has 19 heavy (non-hydrogen) atoms. The summed E-state index contributed by atoms with van der Waals surface area (Å²) in [6, 6.07) is 0.711. The van der Waals surface area contributed by atoms with Gasteiger partial charge in [0.2, 0.25) is 0 Å². The molecule has 0 radical (unpaired) electrons. The summed E-state index contributed by atoms with van der Waals surface area (Å²) >= 11 is 0. The lowest BCUT2D eigenvalue weighted by molar-refractivity contribution is 0.119. The Morgan fingerprint density at radius 1 is 1.21 bits per heavy atom. The number of hydrogen-bond donors (Lipinski definition) is 0. The van der Waals surface area contributed by atoms with Crippen LogP contribution in [0.3, 0.4) is 0 Å². The Hall–Kier alpha value is -0.810. The van der Waals surface area contributed by atoms with Crippen LogP contribution in [0.4, 0.5) is 4.79 Å². The number of methoxy groups -OCH3 is 1. The van der Waals surface area contributed by atoms with Gasteiger partial charge < -0.3 is 19.4 Å². The van der Waals surface area contributed by atoms with E-state index in [9.17, 15) is 4.79 Å². The van der Waals surface area contributed by atoms with Crippen molar-refractivity contribution in [2.45, 2.75) is 32.2 Å². The molecule has 2 amide bonds. The Labute approximate surface area is 116 Å². The summed E-state index contributed by atoms with van der Waals surface area (Å²) in [5, 5.41) is 0. The van der Waals surface area contributed by atoms with Crippen molar-refractivity contribution in [2.75, 3.05) is 53.0 Å². The van der Waals surface area contributed by atoms with Gasteiger partial charge in [-0.2, -0.15) is 0 Å². The maximum Gasteiger partial charge on any atom is 0.320 e. The van der Waals surface area contributed by atoms with Crippen molar-refractivity contribution in [3.8, 4) is 0 Å². The molecular formula is C14H27N3O2. The van der Waals surface area contributed by atoms with Crippen molar-refractivity contribution in [1.29, 1.82) is 0 Å². The van der Waals surface area contributed by atoms with E-state index in [0.717, 1.165) is 65.1 Å². The molecule has 110 valence electrons. The average molecular weight is 269 g/mol. The van der Waals surface area contributed by atoms with Crippen LogP contribution in [-0.4, -0.2) is 79.8 Å². The van der Waals surface area contributed by atoms with E-state index in [-0.39, 0.29) is 6.03 Å². The number of hydrogen-bond acceptors (Lipinski definition) is 3. The molecule has 2 rings (SSSR count). The molecule has 0 atom stereocenters. The standard InChI is InChI=1S/C14H27N3O2/c1-3-16-10-11-17(14(16)18)13-5-8-15(9-6-13)7-4-12-19-2/h13H,3-12H2,1-2H3. The van der Waals surface area contributed by atoms with Crippen molar-refractivity contribution >= 4 is 6.03 Å². The quantitative estimate of drug-likeness (QED) is 0.681. The number of amides is 2. The van der Waals surface area contributed by atoms with Gasteiger partial charge in [-0.25, -0.2) is 4.79 Å². The predicted molar refractivity (Wildman–Crippen MR) is 75.3 cm³/mol. The molecule has 5 heteroatoms. The molecule has 0 aliphatic carbocycles. The van der Waals surface area contributed by atoms with Crippen molar-refractivity contribution < 1.29 is 9.53 Å². The Morgan fingerprint density at radius 2 is 1.95 bits per heavy atom. The molecule has 2 aliphatic heterocycles. The monoisotopic (exact) mass is 269 g/mol. The summed E-state index contributed by atoms with van der Waals surface area (Å²) in [5.41, 5.74) is 0. The minimum atomic E-state index is 0.250. The minimum Gasteiger partial charge on any atom is -0.385 e. The molecule has 0 bridgehead atoms. The number of urea groups is 1. The average Bonchev–Trinajstić information content (AvgIpc) is 2.81. The number of rotatable bonds is 6. The topological polar surface area (TPSA) is 36.0 Å². The largest absolute Gasteiger partial charge is 0.385 e. The van der Waals surface area contributed by atoms with Crippen LogP contribution >= 0.6 is 0 Å². The lowest BCUT2D eigenvalue weighted by Crippen LogP contribution is -2.46. The molecule has 0 saturated carbocycles. The summed E-state index contributed by atoms with van der Waals surface area (Å²) in [7, 11) is 1.75. The van der Waals surface area contributed by atoms with Crippen LogP contribution in [0.2, 0.25) is 0 Å². The fourth-order valence-electron chi connectivity index (χ4n) is 3.12. The van der Waals surface area contributed by atoms with Gasteiger partial charge >= 0.3 is 6.03 Å². The van der Waals surface area contributed by atoms with E-state index in [1.807, 2.05) is 4.90 Å². The maximum absolute atomic E-state index is 12.1. The first-order valence-corrected chi connectivity index (χ1v) is 7.53. The number of carbonyl (C=O) groups excluding carboxylic acids is 1. The number of ether oxygens (including phenoxy) is 1. The third kappa shape index (κ3) is 3.60. The summed E-state index contributed by atoms with van der Waals surface area (Å²) in [4.78, 5) is 18.7. The number of likely N-dealkylation sites (tertiary alicyclic amines) is 1. The normalized spacial score (nSPS) is 22.5. The van der Waals surface area contributed by atoms with Gasteiger partial charge in [0.25, 0.3) is 0 Å². The number of piperidine rings is 1. The van der Waals surface area contributed by atoms with E-state index in [0.29, 0.717) is 6.04 Å². The Bertz CT molecular complexity index is 290. The van der Waals surface area contributed by atoms with Crippen molar-refractivity contribution in [2.24, 2.45) is 0 Å². The molecule has 0 aromatic rings. The molecule has 0 aromatic carbocycles. The summed E-state index contributed by atoms with van der Waals surface area (Å²) in [6.45, 7) is 8.91. The van der Waals surface area contributed by atoms with Gasteiger partial charge in [-0.1, -0.05) is 0 Å². The second-order valence-corrected chi connectivity index (χ2v) is 5.47. The van der Waals surface area contributed by atoms with Crippen LogP contribution in [0.5, 0.6) is 0 Å². The van der Waals surface area contributed by atoms with Crippen LogP contribution in [0, 0.1) is 0 Å². The SMILES string of the molecule is CCN1CCN(C2CCN(CCCOC)CC2)C1=O. The molecule has 2 fully saturated rings. The molecule has 5 nitrogen and oxygen atoms in total. The van der Waals surface area contributed by atoms with Crippen molar-refractivity contribution in [1.82, 2.24) is 14.7 Å². The van der Waals surface area contributed by atoms with Crippen LogP contribution in [0.25, 0.3) is 0 Å². The van der Waals surface area contributed by atoms with Gasteiger partial charge in [-0.3, -0.25) is 0 Å². The number of nitrogens with zero attached hydrogens (tertiary/aromatic N) is 3. The third-order valence-corrected chi connectivity index (χ3v) is 4.33. The Kier molecular flexibility index (Phi) is 5.45. The smallest absolute Gasteiger partial charge is 0.320 e. The van der Waals surface area contributed by atoms with Crippen LogP contribution in [0.15, 0.2) is 0 Å². The molecule has 2 heterocycles. The van der Waals surface area contributed by atoms with E-state index in [2.05, 4.69) is 16.7 Å². The first-order valence-electron chi connectivity index (χ1n) is 7.53. The lowest BCUT2D eigenvalue weighted by Gasteiger charge is -2.36. The third-order valence-electron chi connectivity index (χ3n) is 4.33. The van der Waals surface area contributed by atoms with E-state index in [1.165, 1.54) is 0 Å². The van der Waals surface area contributed by atoms with Crippen LogP contribution in [-0.2, 0) is 4.74 Å². The molecule has 2 saturated heterocycles. The zero-order valence-electron chi connectivity index (χ0n) is 12.3. The Morgan fingerprint density at radius 3 is 2.53 bits per heavy atom. The summed E-state index contributed by atoms with van der Waals surface area (Å²) < 4.78 is 5.09. The second-order valence-electron chi connectivity index (χ2n) is 5.47. The zero-order valence-corrected chi connectivity index (χ0v) is 12.3. The summed E-state index contributed by atoms with van der Waals surface area (Å²) in [6.07, 6.45) is 3.35. The fraction of sp³-hybridized carbons (Fsp3) is 0.929. The zero-order chi connectivity index (χ0) is 13.7. The predicted octanol–water partition coefficient (Wildman–Crippen LogP) is 1.24. The highest BCUT2D eigenvalue weighted by atomic mass is 16.5. The lowest BCUT2D eigenvalue weighted by atomic mass is 10.0. The van der Waals surface area contributed by atoms with Gasteiger partial charge in [-0.05, 0) is 26.2 Å². The van der Waals surface area contributed by atoms with Crippen LogP contribution < -0.4 is 0 Å². The highest BCUT2D eigenvalue weighted by Gasteiger charge is 2.34. The van der Waals surface area contributed by atoms with E-state index in [4.69, 9.17) is 4.74 Å². The molecule has 0 N–H and O–H groups in total. The number of likely N-dealkylation sites (N-methyl/N-ethyl adjacent to an activating group) is 1. The molecule has 0 aromatic heterocycles. The van der Waals surface area contributed by atoms with Gasteiger partial charge in [0.05, 0.1) is 0 Å². The van der Waals surface area contributed by atoms with Crippen molar-refractivity contribution in [3.05, 3.63) is 0 Å². The van der Waals surface area contributed by atoms with Gasteiger partial charge in [0, 0.05) is 59.0 Å². The Balaban J connectivity index is 1.73. The van der Waals surface area contributed by atoms with Gasteiger partial charge in [0.15, 0.2) is 0 Å². The van der Waals surface area contributed by atoms with Gasteiger partial charge in [0.1, 0.15) is 0 Å². The summed E-state index contributed by atoms with van der Waals surface area (Å²) in [5.74, 6) is 0. The molecule has 0 spiro atoms. The van der Waals surface area contributed by atoms with Gasteiger partial charge in [-0.15, -0.1) is 0 Å². The maximum atomic E-state index is 12.1. The van der Waals surface area contributed by atoms with E-state index in [1.54, 1.807) is 7.11 Å². The minimum absolute atomic E-state index is 0.250. The van der Waals surface area contributed by atoms with E-state index >= 15 is 0 Å². The van der Waals surface area contributed by atoms with Crippen LogP contribution in [0.1, 0.15) is 26.2 Å². The van der Waals surface area contributed by atoms with Crippen molar-refractivity contribution in [3.63, 3.8) is 0 Å². The fourth-order valence-corrected chi connectivity index (χ4v) is 3.12. The molecule has 2 aliphatic rings. The first kappa shape index (κ1) is 14.6. The highest BCUT2D eigenvalue weighted by Crippen LogP contribution is 2.21. The number of carbonyl (C=O) groups is 1. The van der Waals surface area contributed by atoms with E-state index < -0.39 is 0 Å². The molecule has 0 unspecified atom stereocenters. The second kappa shape index (κ2) is 7.10. The first-order chi connectivity index (χ1) is 9.26. The highest BCUT2D eigenvalue weighted by molar-refractivity contribution is 5.76.